The summed E-state index contributed by atoms with van der Waals surface area (Å²) in [4.78, 5) is 24.5. The van der Waals surface area contributed by atoms with Crippen LogP contribution in [-0.2, 0) is 9.53 Å². The largest absolute Gasteiger partial charge is 0.467 e. The number of amides is 1. The van der Waals surface area contributed by atoms with Crippen molar-refractivity contribution in [1.82, 2.24) is 4.90 Å². The van der Waals surface area contributed by atoms with Gasteiger partial charge >= 0.3 is 5.97 Å². The van der Waals surface area contributed by atoms with E-state index in [1.807, 2.05) is 0 Å². The molecule has 0 fully saturated rings. The van der Waals surface area contributed by atoms with E-state index < -0.39 is 17.9 Å². The summed E-state index contributed by atoms with van der Waals surface area (Å²) in [6.07, 6.45) is 5.27. The van der Waals surface area contributed by atoms with Crippen LogP contribution in [-0.4, -0.2) is 36.5 Å². The summed E-state index contributed by atoms with van der Waals surface area (Å²) in [5, 5.41) is 0. The SMILES string of the molecule is C#CN(C(=O)c1ccccc1)C(CN)C(=O)OC. The summed E-state index contributed by atoms with van der Waals surface area (Å²) in [6, 6.07) is 9.60. The molecule has 1 atom stereocenters. The zero-order valence-electron chi connectivity index (χ0n) is 10.00. The van der Waals surface area contributed by atoms with Crippen molar-refractivity contribution >= 4 is 11.9 Å². The van der Waals surface area contributed by atoms with E-state index in [9.17, 15) is 9.59 Å². The number of carbonyl (C=O) groups excluding carboxylic acids is 2. The van der Waals surface area contributed by atoms with Crippen LogP contribution in [0.2, 0.25) is 0 Å². The smallest absolute Gasteiger partial charge is 0.331 e. The number of nitrogens with zero attached hydrogens (tertiary/aromatic N) is 1. The number of rotatable bonds is 4. The van der Waals surface area contributed by atoms with Crippen LogP contribution in [0.15, 0.2) is 30.3 Å². The van der Waals surface area contributed by atoms with Crippen LogP contribution in [0.4, 0.5) is 0 Å². The molecule has 0 radical (unpaired) electrons. The Balaban J connectivity index is 3.00. The first-order valence-corrected chi connectivity index (χ1v) is 5.28. The molecule has 0 spiro atoms. The molecule has 0 aliphatic heterocycles. The molecule has 0 aliphatic carbocycles. The summed E-state index contributed by atoms with van der Waals surface area (Å²) < 4.78 is 4.56. The number of hydrogen-bond acceptors (Lipinski definition) is 4. The molecule has 1 aromatic carbocycles. The minimum atomic E-state index is -0.979. The molecule has 94 valence electrons. The fraction of sp³-hybridized carbons (Fsp3) is 0.231. The first-order valence-electron chi connectivity index (χ1n) is 5.28. The number of ether oxygens (including phenoxy) is 1. The normalized spacial score (nSPS) is 11.2. The Morgan fingerprint density at radius 2 is 2.06 bits per heavy atom. The molecule has 1 unspecified atom stereocenters. The standard InChI is InChI=1S/C13H14N2O3/c1-3-15(11(9-14)13(17)18-2)12(16)10-7-5-4-6-8-10/h1,4-8,11H,9,14H2,2H3. The molecule has 0 bridgehead atoms. The molecule has 0 saturated heterocycles. The van der Waals surface area contributed by atoms with Crippen LogP contribution in [0.25, 0.3) is 0 Å². The molecule has 5 nitrogen and oxygen atoms in total. The molecule has 0 saturated carbocycles. The number of methoxy groups -OCH3 is 1. The molecular formula is C13H14N2O3. The minimum Gasteiger partial charge on any atom is -0.467 e. The van der Waals surface area contributed by atoms with Gasteiger partial charge in [-0.1, -0.05) is 24.6 Å². The van der Waals surface area contributed by atoms with Gasteiger partial charge in [-0.3, -0.25) is 9.69 Å². The van der Waals surface area contributed by atoms with Crippen LogP contribution in [0, 0.1) is 12.5 Å². The molecule has 18 heavy (non-hydrogen) atoms. The lowest BCUT2D eigenvalue weighted by Gasteiger charge is -2.23. The van der Waals surface area contributed by atoms with E-state index in [2.05, 4.69) is 10.8 Å². The van der Waals surface area contributed by atoms with Crippen LogP contribution in [0.1, 0.15) is 10.4 Å². The number of carbonyl (C=O) groups is 2. The lowest BCUT2D eigenvalue weighted by Crippen LogP contribution is -2.47. The fourth-order valence-electron chi connectivity index (χ4n) is 1.45. The third-order valence-electron chi connectivity index (χ3n) is 2.39. The number of terminal acetylenes is 1. The third kappa shape index (κ3) is 2.87. The molecule has 5 heteroatoms. The molecule has 0 aromatic heterocycles. The highest BCUT2D eigenvalue weighted by Crippen LogP contribution is 2.08. The van der Waals surface area contributed by atoms with Crippen LogP contribution < -0.4 is 5.73 Å². The Hall–Kier alpha value is -2.32. The number of nitrogens with two attached hydrogens (primary N) is 1. The van der Waals surface area contributed by atoms with E-state index >= 15 is 0 Å². The van der Waals surface area contributed by atoms with Crippen molar-refractivity contribution in [2.45, 2.75) is 6.04 Å². The second-order valence-electron chi connectivity index (χ2n) is 3.44. The van der Waals surface area contributed by atoms with Crippen molar-refractivity contribution in [3.05, 3.63) is 35.9 Å². The zero-order valence-corrected chi connectivity index (χ0v) is 10.00. The average molecular weight is 246 g/mol. The van der Waals surface area contributed by atoms with E-state index in [0.717, 1.165) is 4.90 Å². The first-order chi connectivity index (χ1) is 8.65. The second kappa shape index (κ2) is 6.42. The van der Waals surface area contributed by atoms with Gasteiger partial charge in [0.25, 0.3) is 5.91 Å². The maximum Gasteiger partial charge on any atom is 0.331 e. The Kier molecular flexibility index (Phi) is 4.90. The maximum absolute atomic E-state index is 12.1. The van der Waals surface area contributed by atoms with Crippen LogP contribution in [0.3, 0.4) is 0 Å². The fourth-order valence-corrected chi connectivity index (χ4v) is 1.45. The number of benzene rings is 1. The monoisotopic (exact) mass is 246 g/mol. The molecular weight excluding hydrogens is 232 g/mol. The van der Waals surface area contributed by atoms with Gasteiger partial charge in [-0.2, -0.15) is 0 Å². The highest BCUT2D eigenvalue weighted by atomic mass is 16.5. The van der Waals surface area contributed by atoms with Crippen LogP contribution >= 0.6 is 0 Å². The predicted molar refractivity (Wildman–Crippen MR) is 66.3 cm³/mol. The summed E-state index contributed by atoms with van der Waals surface area (Å²) in [7, 11) is 1.21. The molecule has 2 N–H and O–H groups in total. The Bertz CT molecular complexity index is 465. The summed E-state index contributed by atoms with van der Waals surface area (Å²) >= 11 is 0. The average Bonchev–Trinajstić information content (AvgIpc) is 2.44. The molecule has 0 aliphatic rings. The van der Waals surface area contributed by atoms with E-state index in [1.165, 1.54) is 7.11 Å². The van der Waals surface area contributed by atoms with Gasteiger partial charge in [0.1, 0.15) is 0 Å². The highest BCUT2D eigenvalue weighted by Gasteiger charge is 2.29. The zero-order chi connectivity index (χ0) is 13.5. The van der Waals surface area contributed by atoms with Crippen molar-refractivity contribution < 1.29 is 14.3 Å². The minimum absolute atomic E-state index is 0.102. The summed E-state index contributed by atoms with van der Waals surface area (Å²) in [5.74, 6) is -1.10. The van der Waals surface area contributed by atoms with Crippen molar-refractivity contribution in [1.29, 1.82) is 0 Å². The van der Waals surface area contributed by atoms with Crippen molar-refractivity contribution in [2.24, 2.45) is 5.73 Å². The lowest BCUT2D eigenvalue weighted by atomic mass is 10.1. The van der Waals surface area contributed by atoms with E-state index in [4.69, 9.17) is 12.2 Å². The Morgan fingerprint density at radius 1 is 1.44 bits per heavy atom. The van der Waals surface area contributed by atoms with Gasteiger partial charge in [-0.15, -0.1) is 0 Å². The van der Waals surface area contributed by atoms with Gasteiger partial charge < -0.3 is 10.5 Å². The third-order valence-corrected chi connectivity index (χ3v) is 2.39. The van der Waals surface area contributed by atoms with E-state index in [0.29, 0.717) is 5.56 Å². The summed E-state index contributed by atoms with van der Waals surface area (Å²) in [5.41, 5.74) is 5.84. The van der Waals surface area contributed by atoms with Gasteiger partial charge in [0.15, 0.2) is 6.04 Å². The van der Waals surface area contributed by atoms with Gasteiger partial charge in [-0.25, -0.2) is 4.79 Å². The first kappa shape index (κ1) is 13.7. The second-order valence-corrected chi connectivity index (χ2v) is 3.44. The van der Waals surface area contributed by atoms with Crippen molar-refractivity contribution in [3.8, 4) is 12.5 Å². The Morgan fingerprint density at radius 3 is 2.50 bits per heavy atom. The maximum atomic E-state index is 12.1. The van der Waals surface area contributed by atoms with Gasteiger partial charge in [0.2, 0.25) is 0 Å². The van der Waals surface area contributed by atoms with E-state index in [-0.39, 0.29) is 6.54 Å². The predicted octanol–water partition coefficient (Wildman–Crippen LogP) is 0.220. The molecule has 1 aromatic rings. The van der Waals surface area contributed by atoms with Crippen molar-refractivity contribution in [2.75, 3.05) is 13.7 Å². The number of hydrogen-bond donors (Lipinski definition) is 1. The molecule has 0 heterocycles. The quantitative estimate of drug-likeness (QED) is 0.468. The highest BCUT2D eigenvalue weighted by molar-refractivity contribution is 5.98. The Labute approximate surface area is 106 Å². The van der Waals surface area contributed by atoms with E-state index in [1.54, 1.807) is 30.3 Å². The summed E-state index contributed by atoms with van der Waals surface area (Å²) in [6.45, 7) is -0.102. The number of esters is 1. The van der Waals surface area contributed by atoms with Gasteiger partial charge in [0, 0.05) is 18.2 Å². The van der Waals surface area contributed by atoms with Gasteiger partial charge in [-0.05, 0) is 12.1 Å². The molecule has 1 rings (SSSR count). The lowest BCUT2D eigenvalue weighted by molar-refractivity contribution is -0.144. The van der Waals surface area contributed by atoms with Gasteiger partial charge in [0.05, 0.1) is 7.11 Å². The molecule has 1 amide bonds. The topological polar surface area (TPSA) is 72.6 Å². The van der Waals surface area contributed by atoms with Crippen molar-refractivity contribution in [3.63, 3.8) is 0 Å². The van der Waals surface area contributed by atoms with Crippen LogP contribution in [0.5, 0.6) is 0 Å².